The molecule has 1 saturated carbocycles. The van der Waals surface area contributed by atoms with E-state index in [4.69, 9.17) is 15.5 Å². The quantitative estimate of drug-likeness (QED) is 0.652. The largest absolute Gasteiger partial charge is 0.457 e. The minimum atomic E-state index is -0.412. The van der Waals surface area contributed by atoms with Crippen LogP contribution < -0.4 is 15.8 Å². The van der Waals surface area contributed by atoms with Crippen LogP contribution >= 0.6 is 11.3 Å². The number of thiazole rings is 1. The van der Waals surface area contributed by atoms with Gasteiger partial charge in [-0.05, 0) is 67.6 Å². The number of amides is 1. The smallest absolute Gasteiger partial charge is 0.261 e. The molecule has 0 bridgehead atoms. The summed E-state index contributed by atoms with van der Waals surface area (Å²) in [5, 5.41) is 4.51. The standard InChI is InChI=1S/C23H23N3O2S/c24-21(27)20-19(26-22(29-20)16-12-23(13-16)10-11-25-14-23)15-6-8-18(9-7-15)28-17-4-2-1-3-5-17/h1-9,16,25H,10-14H2,(H2,24,27)/t16-,23+. The molecule has 5 nitrogen and oxygen atoms in total. The van der Waals surface area contributed by atoms with E-state index < -0.39 is 5.91 Å². The monoisotopic (exact) mass is 405 g/mol. The number of primary amides is 1. The molecule has 0 radical (unpaired) electrons. The Hall–Kier alpha value is -2.70. The van der Waals surface area contributed by atoms with E-state index in [1.54, 1.807) is 0 Å². The van der Waals surface area contributed by atoms with Crippen LogP contribution in [0.25, 0.3) is 11.3 Å². The zero-order chi connectivity index (χ0) is 19.8. The predicted octanol–water partition coefficient (Wildman–Crippen LogP) is 4.56. The molecule has 0 atom stereocenters. The number of nitrogens with zero attached hydrogens (tertiary/aromatic N) is 1. The van der Waals surface area contributed by atoms with Gasteiger partial charge in [0.2, 0.25) is 0 Å². The summed E-state index contributed by atoms with van der Waals surface area (Å²) in [5.41, 5.74) is 7.69. The van der Waals surface area contributed by atoms with Crippen molar-refractivity contribution in [2.24, 2.45) is 11.1 Å². The van der Waals surface area contributed by atoms with Crippen LogP contribution in [0, 0.1) is 5.41 Å². The molecule has 3 aromatic rings. The first-order valence-corrected chi connectivity index (χ1v) is 10.8. The Balaban J connectivity index is 1.37. The third kappa shape index (κ3) is 3.54. The van der Waals surface area contributed by atoms with Gasteiger partial charge in [0.15, 0.2) is 0 Å². The zero-order valence-electron chi connectivity index (χ0n) is 16.1. The van der Waals surface area contributed by atoms with Crippen LogP contribution in [0.4, 0.5) is 0 Å². The molecule has 2 aliphatic rings. The molecule has 1 spiro atoms. The molecule has 2 aromatic carbocycles. The average Bonchev–Trinajstić information content (AvgIpc) is 3.36. The minimum Gasteiger partial charge on any atom is -0.457 e. The van der Waals surface area contributed by atoms with E-state index >= 15 is 0 Å². The first kappa shape index (κ1) is 18.3. The van der Waals surface area contributed by atoms with Crippen LogP contribution in [0.3, 0.4) is 0 Å². The SMILES string of the molecule is NC(=O)c1sc([C@H]2C[C@]3(CCNC3)C2)nc1-c1ccc(Oc2ccccc2)cc1. The van der Waals surface area contributed by atoms with E-state index in [9.17, 15) is 4.79 Å². The molecule has 6 heteroatoms. The Morgan fingerprint density at radius 1 is 1.10 bits per heavy atom. The molecule has 2 fully saturated rings. The summed E-state index contributed by atoms with van der Waals surface area (Å²) in [6.07, 6.45) is 3.54. The van der Waals surface area contributed by atoms with Crippen LogP contribution in [0.15, 0.2) is 54.6 Å². The van der Waals surface area contributed by atoms with Gasteiger partial charge in [0.25, 0.3) is 5.91 Å². The number of nitrogens with two attached hydrogens (primary N) is 1. The predicted molar refractivity (Wildman–Crippen MR) is 114 cm³/mol. The van der Waals surface area contributed by atoms with E-state index in [2.05, 4.69) is 5.32 Å². The second-order valence-electron chi connectivity index (χ2n) is 8.07. The summed E-state index contributed by atoms with van der Waals surface area (Å²) in [4.78, 5) is 17.4. The van der Waals surface area contributed by atoms with Crippen molar-refractivity contribution in [1.29, 1.82) is 0 Å². The highest BCUT2D eigenvalue weighted by atomic mass is 32.1. The fourth-order valence-electron chi connectivity index (χ4n) is 4.48. The Kier molecular flexibility index (Phi) is 4.60. The summed E-state index contributed by atoms with van der Waals surface area (Å²) in [7, 11) is 0. The van der Waals surface area contributed by atoms with E-state index in [-0.39, 0.29) is 0 Å². The number of carbonyl (C=O) groups is 1. The third-order valence-corrected chi connectivity index (χ3v) is 7.25. The number of hydrogen-bond acceptors (Lipinski definition) is 5. The average molecular weight is 406 g/mol. The molecule has 1 amide bonds. The normalized spacial score (nSPS) is 23.1. The van der Waals surface area contributed by atoms with Crippen molar-refractivity contribution in [3.63, 3.8) is 0 Å². The Labute approximate surface area is 173 Å². The first-order valence-electron chi connectivity index (χ1n) is 9.97. The summed E-state index contributed by atoms with van der Waals surface area (Å²) in [6, 6.07) is 17.3. The molecular formula is C23H23N3O2S. The van der Waals surface area contributed by atoms with Crippen molar-refractivity contribution in [2.75, 3.05) is 13.1 Å². The van der Waals surface area contributed by atoms with Crippen molar-refractivity contribution < 1.29 is 9.53 Å². The van der Waals surface area contributed by atoms with Gasteiger partial charge in [-0.3, -0.25) is 4.79 Å². The number of carbonyl (C=O) groups excluding carboxylic acids is 1. The van der Waals surface area contributed by atoms with Crippen molar-refractivity contribution >= 4 is 17.2 Å². The lowest BCUT2D eigenvalue weighted by atomic mass is 9.62. The van der Waals surface area contributed by atoms with Gasteiger partial charge in [0, 0.05) is 18.0 Å². The lowest BCUT2D eigenvalue weighted by Crippen LogP contribution is -2.37. The van der Waals surface area contributed by atoms with Crippen LogP contribution in [0.5, 0.6) is 11.5 Å². The van der Waals surface area contributed by atoms with E-state index in [1.165, 1.54) is 17.8 Å². The number of para-hydroxylation sites is 1. The summed E-state index contributed by atoms with van der Waals surface area (Å²) in [5.74, 6) is 1.55. The Morgan fingerprint density at radius 2 is 1.83 bits per heavy atom. The lowest BCUT2D eigenvalue weighted by molar-refractivity contribution is 0.100. The van der Waals surface area contributed by atoms with Gasteiger partial charge in [-0.2, -0.15) is 0 Å². The highest BCUT2D eigenvalue weighted by molar-refractivity contribution is 7.14. The summed E-state index contributed by atoms with van der Waals surface area (Å²) < 4.78 is 5.86. The fraction of sp³-hybridized carbons (Fsp3) is 0.304. The second-order valence-corrected chi connectivity index (χ2v) is 9.10. The number of benzene rings is 2. The van der Waals surface area contributed by atoms with Crippen molar-refractivity contribution in [3.8, 4) is 22.8 Å². The zero-order valence-corrected chi connectivity index (χ0v) is 16.9. The molecule has 2 heterocycles. The van der Waals surface area contributed by atoms with Gasteiger partial charge in [-0.1, -0.05) is 18.2 Å². The maximum absolute atomic E-state index is 12.1. The maximum atomic E-state index is 12.1. The molecule has 0 unspecified atom stereocenters. The van der Waals surface area contributed by atoms with Crippen molar-refractivity contribution in [1.82, 2.24) is 10.3 Å². The molecular weight excluding hydrogens is 382 g/mol. The molecule has 29 heavy (non-hydrogen) atoms. The summed E-state index contributed by atoms with van der Waals surface area (Å²) in [6.45, 7) is 2.22. The van der Waals surface area contributed by atoms with E-state index in [0.29, 0.717) is 21.9 Å². The lowest BCUT2D eigenvalue weighted by Gasteiger charge is -2.44. The fourth-order valence-corrected chi connectivity index (χ4v) is 5.52. The number of rotatable bonds is 5. The van der Waals surface area contributed by atoms with E-state index in [1.807, 2.05) is 54.6 Å². The van der Waals surface area contributed by atoms with Crippen molar-refractivity contribution in [3.05, 3.63) is 64.5 Å². The minimum absolute atomic E-state index is 0.412. The first-order chi connectivity index (χ1) is 14.1. The molecule has 1 saturated heterocycles. The Morgan fingerprint density at radius 3 is 2.48 bits per heavy atom. The topological polar surface area (TPSA) is 77.2 Å². The van der Waals surface area contributed by atoms with Crippen LogP contribution in [0.1, 0.15) is 39.9 Å². The summed E-state index contributed by atoms with van der Waals surface area (Å²) >= 11 is 1.46. The molecule has 1 aromatic heterocycles. The molecule has 5 rings (SSSR count). The van der Waals surface area contributed by atoms with Gasteiger partial charge in [0.05, 0.1) is 10.7 Å². The molecule has 148 valence electrons. The van der Waals surface area contributed by atoms with E-state index in [0.717, 1.165) is 48.0 Å². The molecule has 1 aliphatic heterocycles. The van der Waals surface area contributed by atoms with Crippen molar-refractivity contribution in [2.45, 2.75) is 25.2 Å². The third-order valence-electron chi connectivity index (χ3n) is 6.01. The van der Waals surface area contributed by atoms with Crippen LogP contribution in [0.2, 0.25) is 0 Å². The van der Waals surface area contributed by atoms with Crippen LogP contribution in [-0.4, -0.2) is 24.0 Å². The highest BCUT2D eigenvalue weighted by Crippen LogP contribution is 2.55. The van der Waals surface area contributed by atoms with Gasteiger partial charge in [-0.15, -0.1) is 11.3 Å². The van der Waals surface area contributed by atoms with Gasteiger partial charge < -0.3 is 15.8 Å². The van der Waals surface area contributed by atoms with Crippen LogP contribution in [-0.2, 0) is 0 Å². The highest BCUT2D eigenvalue weighted by Gasteiger charge is 2.47. The van der Waals surface area contributed by atoms with Gasteiger partial charge in [-0.25, -0.2) is 4.98 Å². The number of nitrogens with one attached hydrogen (secondary N) is 1. The molecule has 3 N–H and O–H groups in total. The number of aromatic nitrogens is 1. The van der Waals surface area contributed by atoms with Gasteiger partial charge in [0.1, 0.15) is 16.4 Å². The number of ether oxygens (including phenoxy) is 1. The maximum Gasteiger partial charge on any atom is 0.261 e. The Bertz CT molecular complexity index is 1020. The van der Waals surface area contributed by atoms with Gasteiger partial charge >= 0.3 is 0 Å². The second kappa shape index (κ2) is 7.28. The molecule has 1 aliphatic carbocycles. The number of hydrogen-bond donors (Lipinski definition) is 2.